The first kappa shape index (κ1) is 14.1. The lowest BCUT2D eigenvalue weighted by Gasteiger charge is -2.08. The number of hydrogen-bond acceptors (Lipinski definition) is 5. The van der Waals surface area contributed by atoms with Gasteiger partial charge in [-0.05, 0) is 42.3 Å². The van der Waals surface area contributed by atoms with E-state index in [1.807, 2.05) is 18.2 Å². The molecule has 0 aliphatic carbocycles. The van der Waals surface area contributed by atoms with Crippen LogP contribution < -0.4 is 5.73 Å². The first-order chi connectivity index (χ1) is 10.3. The molecule has 0 saturated carbocycles. The number of rotatable bonds is 3. The Labute approximate surface area is 128 Å². The van der Waals surface area contributed by atoms with Gasteiger partial charge in [0.05, 0.1) is 5.56 Å². The average molecular weight is 299 g/mol. The molecule has 0 spiro atoms. The van der Waals surface area contributed by atoms with Crippen molar-refractivity contribution in [2.45, 2.75) is 48.8 Å². The maximum absolute atomic E-state index is 9.30. The summed E-state index contributed by atoms with van der Waals surface area (Å²) in [7, 11) is 0. The van der Waals surface area contributed by atoms with Gasteiger partial charge < -0.3 is 10.3 Å². The van der Waals surface area contributed by atoms with Crippen LogP contribution in [0, 0.1) is 11.3 Å². The van der Waals surface area contributed by atoms with Gasteiger partial charge >= 0.3 is 0 Å². The van der Waals surface area contributed by atoms with Crippen LogP contribution in [0.1, 0.15) is 36.2 Å². The lowest BCUT2D eigenvalue weighted by Crippen LogP contribution is -2.02. The fourth-order valence-electron chi connectivity index (χ4n) is 2.51. The molecule has 1 aliphatic rings. The van der Waals surface area contributed by atoms with Crippen LogP contribution >= 0.6 is 11.8 Å². The summed E-state index contributed by atoms with van der Waals surface area (Å²) in [5.41, 5.74) is 7.24. The minimum Gasteiger partial charge on any atom is -0.326 e. The molecule has 2 N–H and O–H groups in total. The van der Waals surface area contributed by atoms with Gasteiger partial charge in [-0.3, -0.25) is 0 Å². The Morgan fingerprint density at radius 1 is 1.29 bits per heavy atom. The van der Waals surface area contributed by atoms with Crippen molar-refractivity contribution in [3.8, 4) is 6.07 Å². The highest BCUT2D eigenvalue weighted by Gasteiger charge is 2.16. The molecule has 0 atom stereocenters. The van der Waals surface area contributed by atoms with E-state index in [2.05, 4.69) is 20.8 Å². The third-order valence-electron chi connectivity index (χ3n) is 3.68. The molecule has 108 valence electrons. The Bertz CT molecular complexity index is 686. The van der Waals surface area contributed by atoms with Gasteiger partial charge in [-0.15, -0.1) is 10.2 Å². The molecule has 2 heterocycles. The quantitative estimate of drug-likeness (QED) is 0.941. The van der Waals surface area contributed by atoms with Crippen molar-refractivity contribution in [2.24, 2.45) is 5.73 Å². The van der Waals surface area contributed by atoms with Gasteiger partial charge in [-0.25, -0.2) is 0 Å². The van der Waals surface area contributed by atoms with Crippen LogP contribution in [0.5, 0.6) is 0 Å². The topological polar surface area (TPSA) is 80.5 Å². The van der Waals surface area contributed by atoms with E-state index in [1.54, 1.807) is 0 Å². The molecule has 6 heteroatoms. The van der Waals surface area contributed by atoms with Crippen molar-refractivity contribution >= 4 is 11.8 Å². The molecule has 0 radical (unpaired) electrons. The van der Waals surface area contributed by atoms with E-state index < -0.39 is 0 Å². The second kappa shape index (κ2) is 6.29. The van der Waals surface area contributed by atoms with Crippen LogP contribution in [0.3, 0.4) is 0 Å². The number of aryl methyl sites for hydroxylation is 1. The third-order valence-corrected chi connectivity index (χ3v) is 4.74. The second-order valence-electron chi connectivity index (χ2n) is 5.11. The van der Waals surface area contributed by atoms with Crippen LogP contribution in [0.25, 0.3) is 0 Å². The molecule has 0 unspecified atom stereocenters. The smallest absolute Gasteiger partial charge is 0.196 e. The number of benzene rings is 1. The monoisotopic (exact) mass is 299 g/mol. The predicted molar refractivity (Wildman–Crippen MR) is 80.7 cm³/mol. The molecule has 1 aromatic carbocycles. The summed E-state index contributed by atoms with van der Waals surface area (Å²) in [5, 5.41) is 18.8. The van der Waals surface area contributed by atoms with Gasteiger partial charge in [0.1, 0.15) is 11.9 Å². The van der Waals surface area contributed by atoms with E-state index in [9.17, 15) is 5.26 Å². The summed E-state index contributed by atoms with van der Waals surface area (Å²) in [5.74, 6) is 1.06. The number of nitrogens with zero attached hydrogens (tertiary/aromatic N) is 4. The van der Waals surface area contributed by atoms with Gasteiger partial charge in [0.2, 0.25) is 0 Å². The van der Waals surface area contributed by atoms with Gasteiger partial charge in [0, 0.05) is 24.4 Å². The predicted octanol–water partition coefficient (Wildman–Crippen LogP) is 2.49. The number of fused-ring (bicyclic) bond motifs is 1. The second-order valence-corrected chi connectivity index (χ2v) is 6.12. The number of nitrogens with two attached hydrogens (primary N) is 1. The van der Waals surface area contributed by atoms with Gasteiger partial charge in [-0.2, -0.15) is 5.26 Å². The fourth-order valence-corrected chi connectivity index (χ4v) is 3.45. The largest absolute Gasteiger partial charge is 0.326 e. The first-order valence-corrected chi connectivity index (χ1v) is 7.96. The van der Waals surface area contributed by atoms with E-state index in [0.717, 1.165) is 40.8 Å². The number of hydrogen-bond donors (Lipinski definition) is 1. The Morgan fingerprint density at radius 3 is 3.00 bits per heavy atom. The summed E-state index contributed by atoms with van der Waals surface area (Å²) in [6.07, 6.45) is 4.57. The molecule has 5 nitrogen and oxygen atoms in total. The molecule has 3 rings (SSSR count). The van der Waals surface area contributed by atoms with E-state index >= 15 is 0 Å². The normalized spacial score (nSPS) is 14.3. The zero-order chi connectivity index (χ0) is 14.7. The standard InChI is InChI=1S/C15H17N5S/c16-9-11-5-6-13(12(8-11)10-17)21-15-19-18-14-4-2-1-3-7-20(14)15/h5-6,8H,1-4,7,9,16H2. The lowest BCUT2D eigenvalue weighted by atomic mass is 10.1. The van der Waals surface area contributed by atoms with Gasteiger partial charge in [-0.1, -0.05) is 12.5 Å². The molecular formula is C15H17N5S. The van der Waals surface area contributed by atoms with Crippen LogP contribution in [-0.4, -0.2) is 14.8 Å². The van der Waals surface area contributed by atoms with Gasteiger partial charge in [0.15, 0.2) is 5.16 Å². The number of aromatic nitrogens is 3. The van der Waals surface area contributed by atoms with Crippen molar-refractivity contribution in [3.63, 3.8) is 0 Å². The van der Waals surface area contributed by atoms with Crippen LogP contribution in [0.2, 0.25) is 0 Å². The van der Waals surface area contributed by atoms with Crippen molar-refractivity contribution in [1.82, 2.24) is 14.8 Å². The molecule has 0 amide bonds. The summed E-state index contributed by atoms with van der Waals surface area (Å²) >= 11 is 1.51. The van der Waals surface area contributed by atoms with Crippen LogP contribution in [0.4, 0.5) is 0 Å². The van der Waals surface area contributed by atoms with Crippen LogP contribution in [0.15, 0.2) is 28.3 Å². The molecule has 0 bridgehead atoms. The van der Waals surface area contributed by atoms with E-state index in [4.69, 9.17) is 5.73 Å². The third kappa shape index (κ3) is 2.94. The summed E-state index contributed by atoms with van der Waals surface area (Å²) in [4.78, 5) is 0.911. The molecule has 21 heavy (non-hydrogen) atoms. The summed E-state index contributed by atoms with van der Waals surface area (Å²) in [6.45, 7) is 1.41. The van der Waals surface area contributed by atoms with Gasteiger partial charge in [0.25, 0.3) is 0 Å². The Kier molecular flexibility index (Phi) is 4.23. The molecule has 2 aromatic rings. The minimum atomic E-state index is 0.444. The summed E-state index contributed by atoms with van der Waals surface area (Å²) < 4.78 is 2.19. The van der Waals surface area contributed by atoms with Crippen LogP contribution in [-0.2, 0) is 19.5 Å². The molecule has 1 aliphatic heterocycles. The maximum atomic E-state index is 9.30. The molecule has 1 aromatic heterocycles. The van der Waals surface area contributed by atoms with E-state index in [0.29, 0.717) is 12.1 Å². The highest BCUT2D eigenvalue weighted by Crippen LogP contribution is 2.31. The first-order valence-electron chi connectivity index (χ1n) is 7.15. The maximum Gasteiger partial charge on any atom is 0.196 e. The Balaban J connectivity index is 1.91. The van der Waals surface area contributed by atoms with Crippen molar-refractivity contribution in [2.75, 3.05) is 0 Å². The average Bonchev–Trinajstić information content (AvgIpc) is 2.74. The van der Waals surface area contributed by atoms with E-state index in [-0.39, 0.29) is 0 Å². The Hall–Kier alpha value is -1.84. The zero-order valence-electron chi connectivity index (χ0n) is 11.7. The highest BCUT2D eigenvalue weighted by molar-refractivity contribution is 7.99. The minimum absolute atomic E-state index is 0.444. The van der Waals surface area contributed by atoms with Crippen molar-refractivity contribution in [1.29, 1.82) is 5.26 Å². The van der Waals surface area contributed by atoms with E-state index in [1.165, 1.54) is 24.6 Å². The molecule has 0 fully saturated rings. The SMILES string of the molecule is N#Cc1cc(CN)ccc1Sc1nnc2n1CCCCC2. The fraction of sp³-hybridized carbons (Fsp3) is 0.400. The Morgan fingerprint density at radius 2 is 2.19 bits per heavy atom. The summed E-state index contributed by atoms with van der Waals surface area (Å²) in [6, 6.07) is 8.00. The number of nitriles is 1. The zero-order valence-corrected chi connectivity index (χ0v) is 12.6. The highest BCUT2D eigenvalue weighted by atomic mass is 32.2. The van der Waals surface area contributed by atoms with Crippen molar-refractivity contribution < 1.29 is 0 Å². The lowest BCUT2D eigenvalue weighted by molar-refractivity contribution is 0.591. The van der Waals surface area contributed by atoms with Crippen molar-refractivity contribution in [3.05, 3.63) is 35.2 Å². The molecule has 0 saturated heterocycles. The molecular weight excluding hydrogens is 282 g/mol.